The SMILES string of the molecule is Cc1cc(=O)c2nncn2[nH]1. The Bertz CT molecular complexity index is 441. The van der Waals surface area contributed by atoms with Crippen LogP contribution < -0.4 is 5.43 Å². The zero-order chi connectivity index (χ0) is 7.84. The molecule has 0 aliphatic carbocycles. The van der Waals surface area contributed by atoms with Gasteiger partial charge in [-0.15, -0.1) is 10.2 Å². The van der Waals surface area contributed by atoms with Crippen LogP contribution in [0.3, 0.4) is 0 Å². The van der Waals surface area contributed by atoms with E-state index in [1.54, 1.807) is 6.92 Å². The van der Waals surface area contributed by atoms with E-state index in [4.69, 9.17) is 0 Å². The van der Waals surface area contributed by atoms with Gasteiger partial charge >= 0.3 is 0 Å². The predicted molar refractivity (Wildman–Crippen MR) is 38.3 cm³/mol. The first-order chi connectivity index (χ1) is 5.27. The molecule has 2 rings (SSSR count). The van der Waals surface area contributed by atoms with Crippen LogP contribution >= 0.6 is 0 Å². The van der Waals surface area contributed by atoms with E-state index in [0.29, 0.717) is 5.65 Å². The lowest BCUT2D eigenvalue weighted by molar-refractivity contribution is 0.888. The van der Waals surface area contributed by atoms with Gasteiger partial charge < -0.3 is 0 Å². The minimum atomic E-state index is -0.112. The molecule has 0 saturated carbocycles. The van der Waals surface area contributed by atoms with Gasteiger partial charge in [0.1, 0.15) is 6.33 Å². The molecule has 0 radical (unpaired) electrons. The molecular formula is C6H6N4O. The van der Waals surface area contributed by atoms with Gasteiger partial charge in [-0.25, -0.2) is 4.52 Å². The molecule has 0 spiro atoms. The number of aryl methyl sites for hydroxylation is 1. The van der Waals surface area contributed by atoms with Crippen molar-refractivity contribution in [3.05, 3.63) is 28.3 Å². The van der Waals surface area contributed by atoms with E-state index in [2.05, 4.69) is 15.3 Å². The summed E-state index contributed by atoms with van der Waals surface area (Å²) in [5, 5.41) is 10.1. The molecule has 56 valence electrons. The molecule has 0 aliphatic heterocycles. The van der Waals surface area contributed by atoms with Crippen molar-refractivity contribution in [1.82, 2.24) is 19.8 Å². The van der Waals surface area contributed by atoms with E-state index >= 15 is 0 Å². The first kappa shape index (κ1) is 6.09. The van der Waals surface area contributed by atoms with Gasteiger partial charge in [-0.2, -0.15) is 0 Å². The Morgan fingerprint density at radius 2 is 2.45 bits per heavy atom. The summed E-state index contributed by atoms with van der Waals surface area (Å²) in [6.45, 7) is 1.81. The van der Waals surface area contributed by atoms with Crippen molar-refractivity contribution in [1.29, 1.82) is 0 Å². The van der Waals surface area contributed by atoms with Gasteiger partial charge in [0, 0.05) is 11.8 Å². The average molecular weight is 150 g/mol. The van der Waals surface area contributed by atoms with Crippen LogP contribution in [-0.2, 0) is 0 Å². The lowest BCUT2D eigenvalue weighted by Gasteiger charge is -1.93. The monoisotopic (exact) mass is 150 g/mol. The second kappa shape index (κ2) is 1.91. The van der Waals surface area contributed by atoms with E-state index in [1.807, 2.05) is 0 Å². The van der Waals surface area contributed by atoms with Gasteiger partial charge in [-0.05, 0) is 6.92 Å². The molecule has 2 aromatic heterocycles. The zero-order valence-corrected chi connectivity index (χ0v) is 5.90. The minimum absolute atomic E-state index is 0.112. The maximum absolute atomic E-state index is 11.1. The highest BCUT2D eigenvalue weighted by Crippen LogP contribution is 1.89. The second-order valence-corrected chi connectivity index (χ2v) is 2.33. The number of nitrogens with zero attached hydrogens (tertiary/aromatic N) is 3. The molecule has 11 heavy (non-hydrogen) atoms. The Hall–Kier alpha value is -1.65. The van der Waals surface area contributed by atoms with E-state index in [9.17, 15) is 4.79 Å². The van der Waals surface area contributed by atoms with Gasteiger partial charge in [0.2, 0.25) is 11.1 Å². The van der Waals surface area contributed by atoms with Crippen molar-refractivity contribution in [3.63, 3.8) is 0 Å². The molecule has 1 N–H and O–H groups in total. The highest BCUT2D eigenvalue weighted by molar-refractivity contribution is 5.34. The van der Waals surface area contributed by atoms with Crippen LogP contribution in [0, 0.1) is 6.92 Å². The van der Waals surface area contributed by atoms with Gasteiger partial charge in [0.25, 0.3) is 0 Å². The lowest BCUT2D eigenvalue weighted by atomic mass is 10.4. The molecule has 2 aromatic rings. The Morgan fingerprint density at radius 3 is 3.27 bits per heavy atom. The predicted octanol–water partition coefficient (Wildman–Crippen LogP) is -0.274. The zero-order valence-electron chi connectivity index (χ0n) is 5.90. The highest BCUT2D eigenvalue weighted by atomic mass is 16.1. The Kier molecular flexibility index (Phi) is 1.06. The van der Waals surface area contributed by atoms with Gasteiger partial charge in [0.05, 0.1) is 0 Å². The normalized spacial score (nSPS) is 10.6. The van der Waals surface area contributed by atoms with Crippen LogP contribution in [0.5, 0.6) is 0 Å². The van der Waals surface area contributed by atoms with E-state index in [0.717, 1.165) is 5.69 Å². The highest BCUT2D eigenvalue weighted by Gasteiger charge is 1.99. The lowest BCUT2D eigenvalue weighted by Crippen LogP contribution is -2.08. The third-order valence-corrected chi connectivity index (χ3v) is 1.41. The van der Waals surface area contributed by atoms with Crippen LogP contribution in [-0.4, -0.2) is 19.8 Å². The summed E-state index contributed by atoms with van der Waals surface area (Å²) in [4.78, 5) is 11.1. The molecule has 0 saturated heterocycles. The fraction of sp³-hybridized carbons (Fsp3) is 0.167. The number of aromatic amines is 1. The van der Waals surface area contributed by atoms with Crippen LogP contribution in [0.4, 0.5) is 0 Å². The number of hydrogen-bond donors (Lipinski definition) is 1. The quantitative estimate of drug-likeness (QED) is 0.562. The summed E-state index contributed by atoms with van der Waals surface area (Å²) in [6.07, 6.45) is 1.46. The van der Waals surface area contributed by atoms with Crippen molar-refractivity contribution in [2.75, 3.05) is 0 Å². The minimum Gasteiger partial charge on any atom is -0.296 e. The number of hydrogen-bond acceptors (Lipinski definition) is 3. The van der Waals surface area contributed by atoms with E-state index in [1.165, 1.54) is 16.9 Å². The van der Waals surface area contributed by atoms with Crippen LogP contribution in [0.1, 0.15) is 5.69 Å². The molecule has 0 bridgehead atoms. The maximum Gasteiger partial charge on any atom is 0.226 e. The van der Waals surface area contributed by atoms with Crippen molar-refractivity contribution < 1.29 is 0 Å². The molecule has 0 atom stereocenters. The van der Waals surface area contributed by atoms with Crippen molar-refractivity contribution in [2.24, 2.45) is 0 Å². The van der Waals surface area contributed by atoms with Crippen LogP contribution in [0.25, 0.3) is 5.65 Å². The summed E-state index contributed by atoms with van der Waals surface area (Å²) in [5.74, 6) is 0. The molecule has 0 amide bonds. The Morgan fingerprint density at radius 1 is 1.64 bits per heavy atom. The molecule has 0 fully saturated rings. The van der Waals surface area contributed by atoms with Gasteiger partial charge in [-0.1, -0.05) is 0 Å². The first-order valence-corrected chi connectivity index (χ1v) is 3.17. The average Bonchev–Trinajstić information content (AvgIpc) is 2.34. The molecule has 5 heteroatoms. The molecule has 2 heterocycles. The van der Waals surface area contributed by atoms with Gasteiger partial charge in [0.15, 0.2) is 0 Å². The van der Waals surface area contributed by atoms with E-state index in [-0.39, 0.29) is 5.43 Å². The molecule has 5 nitrogen and oxygen atoms in total. The smallest absolute Gasteiger partial charge is 0.226 e. The fourth-order valence-electron chi connectivity index (χ4n) is 0.968. The van der Waals surface area contributed by atoms with Gasteiger partial charge in [-0.3, -0.25) is 9.89 Å². The van der Waals surface area contributed by atoms with Crippen molar-refractivity contribution in [3.8, 4) is 0 Å². The summed E-state index contributed by atoms with van der Waals surface area (Å²) in [5.41, 5.74) is 1.01. The number of aromatic nitrogens is 4. The molecule has 0 unspecified atom stereocenters. The van der Waals surface area contributed by atoms with Crippen molar-refractivity contribution >= 4 is 5.65 Å². The summed E-state index contributed by atoms with van der Waals surface area (Å²) < 4.78 is 1.50. The van der Waals surface area contributed by atoms with Crippen molar-refractivity contribution in [2.45, 2.75) is 6.92 Å². The van der Waals surface area contributed by atoms with Crippen LogP contribution in [0.2, 0.25) is 0 Å². The fourth-order valence-corrected chi connectivity index (χ4v) is 0.968. The number of nitrogens with one attached hydrogen (secondary N) is 1. The second-order valence-electron chi connectivity index (χ2n) is 2.33. The van der Waals surface area contributed by atoms with Crippen LogP contribution in [0.15, 0.2) is 17.2 Å². The first-order valence-electron chi connectivity index (χ1n) is 3.17. The number of fused-ring (bicyclic) bond motifs is 1. The topological polar surface area (TPSA) is 63.1 Å². The third-order valence-electron chi connectivity index (χ3n) is 1.41. The maximum atomic E-state index is 11.1. The summed E-state index contributed by atoms with van der Waals surface area (Å²) >= 11 is 0. The summed E-state index contributed by atoms with van der Waals surface area (Å²) in [6, 6.07) is 1.49. The Balaban J connectivity index is 3.02. The summed E-state index contributed by atoms with van der Waals surface area (Å²) in [7, 11) is 0. The molecule has 0 aliphatic rings. The largest absolute Gasteiger partial charge is 0.296 e. The molecular weight excluding hydrogens is 144 g/mol. The number of rotatable bonds is 0. The Labute approximate surface area is 61.7 Å². The standard InChI is InChI=1S/C6H6N4O/c1-4-2-5(11)6-8-7-3-10(6)9-4/h2-3,9H,1H3. The molecule has 0 aromatic carbocycles. The number of H-pyrrole nitrogens is 1. The third kappa shape index (κ3) is 0.813. The van der Waals surface area contributed by atoms with E-state index < -0.39 is 0 Å².